The molecule has 6 heteroatoms. The highest BCUT2D eigenvalue weighted by atomic mass is 16.6. The Morgan fingerprint density at radius 3 is 2.59 bits per heavy atom. The van der Waals surface area contributed by atoms with Crippen molar-refractivity contribution in [2.24, 2.45) is 24.8 Å². The minimum atomic E-state index is -2.00. The fourth-order valence-corrected chi connectivity index (χ4v) is 4.34. The van der Waals surface area contributed by atoms with Gasteiger partial charge in [0.25, 0.3) is 0 Å². The number of aromatic nitrogens is 2. The number of esters is 1. The molecular formula is C23H29N3O3. The van der Waals surface area contributed by atoms with Gasteiger partial charge in [0.2, 0.25) is 5.60 Å². The maximum atomic E-state index is 13.4. The summed E-state index contributed by atoms with van der Waals surface area (Å²) in [5.41, 5.74) is -0.857. The number of imidazole rings is 1. The van der Waals surface area contributed by atoms with Crippen molar-refractivity contribution in [1.29, 1.82) is 5.26 Å². The number of ether oxygens (including phenoxy) is 1. The lowest BCUT2D eigenvalue weighted by Crippen LogP contribution is -2.45. The SMILES string of the molecule is CC(C)[C@@H]1CC[C@@H](C)C[C@H]1OC(=O)C(O)(c1ccc(C#N)cc1)c1cncn1C. The average Bonchev–Trinajstić information content (AvgIpc) is 3.13. The van der Waals surface area contributed by atoms with Gasteiger partial charge in [-0.2, -0.15) is 5.26 Å². The first-order valence-electron chi connectivity index (χ1n) is 10.2. The lowest BCUT2D eigenvalue weighted by Gasteiger charge is -2.38. The van der Waals surface area contributed by atoms with Gasteiger partial charge in [0.1, 0.15) is 6.10 Å². The van der Waals surface area contributed by atoms with Gasteiger partial charge in [-0.1, -0.05) is 39.3 Å². The van der Waals surface area contributed by atoms with Gasteiger partial charge in [-0.15, -0.1) is 0 Å². The number of rotatable bonds is 5. The average molecular weight is 396 g/mol. The van der Waals surface area contributed by atoms with Crippen LogP contribution in [0, 0.1) is 29.1 Å². The highest BCUT2D eigenvalue weighted by Gasteiger charge is 2.46. The lowest BCUT2D eigenvalue weighted by molar-refractivity contribution is -0.175. The van der Waals surface area contributed by atoms with Crippen LogP contribution in [0.2, 0.25) is 0 Å². The number of benzene rings is 1. The zero-order valence-corrected chi connectivity index (χ0v) is 17.5. The predicted octanol–water partition coefficient (Wildman–Crippen LogP) is 3.53. The Bertz CT molecular complexity index is 897. The van der Waals surface area contributed by atoms with Gasteiger partial charge < -0.3 is 14.4 Å². The second-order valence-electron chi connectivity index (χ2n) is 8.56. The quantitative estimate of drug-likeness (QED) is 0.783. The Kier molecular flexibility index (Phi) is 6.09. The van der Waals surface area contributed by atoms with Crippen LogP contribution >= 0.6 is 0 Å². The number of nitrogens with zero attached hydrogens (tertiary/aromatic N) is 3. The molecule has 1 fully saturated rings. The van der Waals surface area contributed by atoms with Crippen LogP contribution in [0.4, 0.5) is 0 Å². The number of aryl methyl sites for hydroxylation is 1. The molecule has 2 aromatic rings. The summed E-state index contributed by atoms with van der Waals surface area (Å²) >= 11 is 0. The molecule has 0 amide bonds. The van der Waals surface area contributed by atoms with Gasteiger partial charge in [-0.3, -0.25) is 0 Å². The summed E-state index contributed by atoms with van der Waals surface area (Å²) in [4.78, 5) is 17.5. The van der Waals surface area contributed by atoms with Gasteiger partial charge in [-0.05, 0) is 42.7 Å². The van der Waals surface area contributed by atoms with Crippen LogP contribution in [0.1, 0.15) is 56.9 Å². The maximum absolute atomic E-state index is 13.4. The molecule has 1 N–H and O–H groups in total. The number of carbonyl (C=O) groups is 1. The van der Waals surface area contributed by atoms with E-state index in [4.69, 9.17) is 10.00 Å². The molecule has 0 aliphatic heterocycles. The van der Waals surface area contributed by atoms with Crippen molar-refractivity contribution < 1.29 is 14.6 Å². The summed E-state index contributed by atoms with van der Waals surface area (Å²) in [6.07, 6.45) is 5.71. The molecule has 1 saturated carbocycles. The first kappa shape index (κ1) is 21.1. The summed E-state index contributed by atoms with van der Waals surface area (Å²) in [6.45, 7) is 6.47. The van der Waals surface area contributed by atoms with Crippen LogP contribution in [-0.4, -0.2) is 26.7 Å². The Labute approximate surface area is 172 Å². The van der Waals surface area contributed by atoms with Gasteiger partial charge in [-0.25, -0.2) is 9.78 Å². The van der Waals surface area contributed by atoms with Crippen molar-refractivity contribution >= 4 is 5.97 Å². The minimum absolute atomic E-state index is 0.232. The Morgan fingerprint density at radius 2 is 2.03 bits per heavy atom. The third kappa shape index (κ3) is 4.06. The molecule has 29 heavy (non-hydrogen) atoms. The molecule has 1 aromatic heterocycles. The number of hydrogen-bond acceptors (Lipinski definition) is 5. The van der Waals surface area contributed by atoms with Crippen molar-refractivity contribution in [2.75, 3.05) is 0 Å². The molecule has 154 valence electrons. The van der Waals surface area contributed by atoms with Crippen molar-refractivity contribution in [1.82, 2.24) is 9.55 Å². The van der Waals surface area contributed by atoms with E-state index >= 15 is 0 Å². The fourth-order valence-electron chi connectivity index (χ4n) is 4.34. The molecule has 1 aromatic carbocycles. The highest BCUT2D eigenvalue weighted by molar-refractivity contribution is 5.85. The topological polar surface area (TPSA) is 88.1 Å². The predicted molar refractivity (Wildman–Crippen MR) is 109 cm³/mol. The first-order valence-corrected chi connectivity index (χ1v) is 10.2. The van der Waals surface area contributed by atoms with Crippen LogP contribution in [0.3, 0.4) is 0 Å². The molecule has 1 heterocycles. The number of hydrogen-bond donors (Lipinski definition) is 1. The monoisotopic (exact) mass is 395 g/mol. The largest absolute Gasteiger partial charge is 0.459 e. The molecule has 1 unspecified atom stereocenters. The van der Waals surface area contributed by atoms with Crippen molar-refractivity contribution in [3.63, 3.8) is 0 Å². The van der Waals surface area contributed by atoms with E-state index in [1.807, 2.05) is 0 Å². The van der Waals surface area contributed by atoms with E-state index in [0.29, 0.717) is 28.7 Å². The summed E-state index contributed by atoms with van der Waals surface area (Å²) in [5.74, 6) is 0.435. The summed E-state index contributed by atoms with van der Waals surface area (Å²) in [6, 6.07) is 8.42. The standard InChI is InChI=1S/C23H29N3O3/c1-15(2)19-10-5-16(3)11-20(19)29-22(27)23(28,21-13-25-14-26(21)4)18-8-6-17(12-24)7-9-18/h6-9,13-16,19-20,28H,5,10-11H2,1-4H3/t16-,19+,20-,23?/m1/s1. The van der Waals surface area contributed by atoms with E-state index in [0.717, 1.165) is 19.3 Å². The Hall–Kier alpha value is -2.65. The van der Waals surface area contributed by atoms with E-state index in [9.17, 15) is 9.90 Å². The second-order valence-corrected chi connectivity index (χ2v) is 8.56. The van der Waals surface area contributed by atoms with Crippen LogP contribution in [0.15, 0.2) is 36.8 Å². The first-order chi connectivity index (χ1) is 13.8. The molecule has 0 radical (unpaired) electrons. The Balaban J connectivity index is 1.98. The summed E-state index contributed by atoms with van der Waals surface area (Å²) < 4.78 is 7.61. The third-order valence-electron chi connectivity index (χ3n) is 6.13. The van der Waals surface area contributed by atoms with Crippen LogP contribution in [0.5, 0.6) is 0 Å². The lowest BCUT2D eigenvalue weighted by atomic mass is 9.75. The fraction of sp³-hybridized carbons (Fsp3) is 0.522. The molecule has 0 saturated heterocycles. The molecule has 0 spiro atoms. The molecule has 0 bridgehead atoms. The molecule has 6 nitrogen and oxygen atoms in total. The summed E-state index contributed by atoms with van der Waals surface area (Å²) in [5, 5.41) is 20.7. The van der Waals surface area contributed by atoms with E-state index in [2.05, 4.69) is 31.8 Å². The summed E-state index contributed by atoms with van der Waals surface area (Å²) in [7, 11) is 1.73. The van der Waals surface area contributed by atoms with Gasteiger partial charge in [0.15, 0.2) is 0 Å². The van der Waals surface area contributed by atoms with Crippen molar-refractivity contribution in [3.8, 4) is 6.07 Å². The molecule has 4 atom stereocenters. The minimum Gasteiger partial charge on any atom is -0.459 e. The number of aliphatic hydroxyl groups is 1. The van der Waals surface area contributed by atoms with Crippen molar-refractivity contribution in [2.45, 2.75) is 51.7 Å². The van der Waals surface area contributed by atoms with Crippen LogP contribution in [-0.2, 0) is 22.2 Å². The number of nitriles is 1. The number of carbonyl (C=O) groups excluding carboxylic acids is 1. The molecule has 1 aliphatic rings. The van der Waals surface area contributed by atoms with Crippen molar-refractivity contribution in [3.05, 3.63) is 53.6 Å². The van der Waals surface area contributed by atoms with Gasteiger partial charge in [0, 0.05) is 12.6 Å². The Morgan fingerprint density at radius 1 is 1.34 bits per heavy atom. The zero-order valence-electron chi connectivity index (χ0n) is 17.5. The molecular weight excluding hydrogens is 366 g/mol. The highest BCUT2D eigenvalue weighted by Crippen LogP contribution is 2.38. The van der Waals surface area contributed by atoms with Crippen LogP contribution < -0.4 is 0 Å². The maximum Gasteiger partial charge on any atom is 0.349 e. The van der Waals surface area contributed by atoms with Gasteiger partial charge in [0.05, 0.1) is 29.9 Å². The third-order valence-corrected chi connectivity index (χ3v) is 6.13. The van der Waals surface area contributed by atoms with Crippen LogP contribution in [0.25, 0.3) is 0 Å². The van der Waals surface area contributed by atoms with E-state index in [1.54, 1.807) is 35.9 Å². The normalized spacial score (nSPS) is 24.0. The smallest absolute Gasteiger partial charge is 0.349 e. The van der Waals surface area contributed by atoms with E-state index < -0.39 is 11.6 Å². The molecule has 3 rings (SSSR count). The van der Waals surface area contributed by atoms with E-state index in [1.165, 1.54) is 12.5 Å². The second kappa shape index (κ2) is 8.38. The molecule has 1 aliphatic carbocycles. The van der Waals surface area contributed by atoms with E-state index in [-0.39, 0.29) is 12.0 Å². The van der Waals surface area contributed by atoms with Gasteiger partial charge >= 0.3 is 5.97 Å². The zero-order chi connectivity index (χ0) is 21.2.